The zero-order chi connectivity index (χ0) is 82.1. The summed E-state index contributed by atoms with van der Waals surface area (Å²) in [7, 11) is 0. The van der Waals surface area contributed by atoms with Crippen molar-refractivity contribution in [2.75, 3.05) is 0 Å². The molecule has 6 aromatic carbocycles. The number of hydrogen-bond acceptors (Lipinski definition) is 9. The summed E-state index contributed by atoms with van der Waals surface area (Å²) in [6.45, 7) is 52.5. The van der Waals surface area contributed by atoms with Crippen LogP contribution in [0.4, 0.5) is 0 Å². The molecule has 0 atom stereocenters. The number of allylic oxidation sites excluding steroid dienone is 6. The largest absolute Gasteiger partial charge is 0.512 e. The maximum absolute atomic E-state index is 11.7. The number of carbonyl (C=O) groups is 3. The molecule has 3 radical (unpaired) electrons. The first-order valence-corrected chi connectivity index (χ1v) is 41.4. The van der Waals surface area contributed by atoms with E-state index in [4.69, 9.17) is 4.98 Å². The van der Waals surface area contributed by atoms with Crippen LogP contribution in [0.5, 0.6) is 0 Å². The molecule has 0 amide bonds. The maximum Gasteiger partial charge on any atom is 0.162 e. The molecule has 0 aliphatic heterocycles. The van der Waals surface area contributed by atoms with E-state index in [0.29, 0.717) is 17.8 Å². The molecule has 0 bridgehead atoms. The van der Waals surface area contributed by atoms with Crippen LogP contribution in [0.25, 0.3) is 66.2 Å². The smallest absolute Gasteiger partial charge is 0.162 e. The molecule has 3 N–H and O–H groups in total. The van der Waals surface area contributed by atoms with E-state index in [9.17, 15) is 29.7 Å². The second kappa shape index (κ2) is 53.4. The number of rotatable bonds is 28. The normalized spacial score (nSPS) is 11.5. The quantitative estimate of drug-likeness (QED) is 0.0247. The van der Waals surface area contributed by atoms with Crippen molar-refractivity contribution in [3.05, 3.63) is 231 Å². The van der Waals surface area contributed by atoms with Crippen LogP contribution in [0.1, 0.15) is 269 Å². The molecule has 3 aromatic heterocycles. The Balaban J connectivity index is 0.000000681. The van der Waals surface area contributed by atoms with Crippen LogP contribution in [0.3, 0.4) is 0 Å². The SMILES string of the molecule is CCC(CC)C(=O)C=C(O)C(CC)CC.CCC(CC)C(=O)C=C(O)C(CC)CC.CCC(CC)C(=O)C=C(O)C(CC)CC.Cc1[c-]c(-c2ccc3c(CC(C)C)cccc3n2)cc(C)c1.Cc1[c-]c(-c2nccc3ccc(C(C)C)cc23)cc(C)c1.Cc1[c-]c(-c2nccc3ccc(C(C)C)cc23)cc(C)c1C.[Ir].[Ir].[Ir]. The van der Waals surface area contributed by atoms with E-state index in [-0.39, 0.29) is 130 Å². The molecule has 0 spiro atoms. The Morgan fingerprint density at radius 1 is 0.398 bits per heavy atom. The van der Waals surface area contributed by atoms with Crippen LogP contribution in [0.15, 0.2) is 157 Å². The first-order chi connectivity index (χ1) is 52.3. The summed E-state index contributed by atoms with van der Waals surface area (Å²) in [6.07, 6.45) is 19.6. The fourth-order valence-corrected chi connectivity index (χ4v) is 14.0. The van der Waals surface area contributed by atoms with E-state index in [1.165, 1.54) is 89.7 Å². The molecule has 0 fully saturated rings. The summed E-state index contributed by atoms with van der Waals surface area (Å²) in [5.74, 6) is 3.33. The van der Waals surface area contributed by atoms with Crippen LogP contribution in [-0.4, -0.2) is 47.6 Å². The van der Waals surface area contributed by atoms with E-state index < -0.39 is 0 Å². The minimum absolute atomic E-state index is 0. The Hall–Kier alpha value is -6.87. The second-order valence-electron chi connectivity index (χ2n) is 31.0. The Morgan fingerprint density at radius 3 is 1.11 bits per heavy atom. The van der Waals surface area contributed by atoms with Crippen LogP contribution in [0.2, 0.25) is 0 Å². The number of hydrogen-bond donors (Lipinski definition) is 3. The van der Waals surface area contributed by atoms with E-state index in [2.05, 4.69) is 227 Å². The van der Waals surface area contributed by atoms with Crippen molar-refractivity contribution in [3.8, 4) is 33.8 Å². The molecule has 0 aliphatic rings. The summed E-state index contributed by atoms with van der Waals surface area (Å²) in [4.78, 5) is 49.3. The number of aliphatic hydroxyl groups excluding tert-OH is 3. The Kier molecular flexibility index (Phi) is 49.2. The third kappa shape index (κ3) is 32.3. The number of pyridine rings is 3. The first-order valence-electron chi connectivity index (χ1n) is 41.4. The maximum atomic E-state index is 11.7. The Labute approximate surface area is 723 Å². The van der Waals surface area contributed by atoms with Crippen molar-refractivity contribution >= 4 is 49.8 Å². The third-order valence-electron chi connectivity index (χ3n) is 21.5. The molecule has 113 heavy (non-hydrogen) atoms. The van der Waals surface area contributed by atoms with Crippen molar-refractivity contribution in [1.82, 2.24) is 15.0 Å². The molecule has 9 aromatic rings. The van der Waals surface area contributed by atoms with Gasteiger partial charge in [0.1, 0.15) is 0 Å². The minimum atomic E-state index is 0. The van der Waals surface area contributed by atoms with Crippen LogP contribution < -0.4 is 0 Å². The van der Waals surface area contributed by atoms with Crippen molar-refractivity contribution in [2.24, 2.45) is 41.4 Å². The Bertz CT molecular complexity index is 4310. The van der Waals surface area contributed by atoms with Crippen molar-refractivity contribution in [1.29, 1.82) is 0 Å². The van der Waals surface area contributed by atoms with E-state index in [1.54, 1.807) is 0 Å². The number of aliphatic hydroxyl groups is 3. The van der Waals surface area contributed by atoms with E-state index >= 15 is 0 Å². The number of benzene rings is 6. The van der Waals surface area contributed by atoms with Gasteiger partial charge in [-0.3, -0.25) is 19.4 Å². The standard InChI is InChI=1S/2C21H22N.C20H20N.3C13H24O2.3Ir/c1-13(2)18-7-6-17-8-9-22-21(20(17)12-18)19-10-14(3)16(5)15(4)11-19;1-14(2)10-17-6-5-7-21-19(17)8-9-20(22-21)18-12-15(3)11-16(4)13-18;1-13(2)17-6-5-16-7-8-21-20(19(16)12-17)18-10-14(3)9-15(4)11-18;3*1-5-10(6-2)12(14)9-13(15)11(7-3)8-4;;;/h6-10,12-13H,1-5H3;5-9,11-12,14H,10H2,1-4H3;5-10,12-13H,1-4H3;3*9-11,14H,5-8H2,1-4H3;;;/q3*-1;;;;;;. The third-order valence-corrected chi connectivity index (χ3v) is 21.5. The molecule has 621 valence electrons. The van der Waals surface area contributed by atoms with E-state index in [1.807, 2.05) is 95.5 Å². The number of ketones is 3. The van der Waals surface area contributed by atoms with Gasteiger partial charge in [0.25, 0.3) is 0 Å². The van der Waals surface area contributed by atoms with Gasteiger partial charge < -0.3 is 25.3 Å². The molecule has 9 nitrogen and oxygen atoms in total. The van der Waals surface area contributed by atoms with Gasteiger partial charge in [0.05, 0.1) is 22.8 Å². The fourth-order valence-electron chi connectivity index (χ4n) is 14.0. The molecule has 0 aliphatic carbocycles. The van der Waals surface area contributed by atoms with Gasteiger partial charge in [0.2, 0.25) is 0 Å². The minimum Gasteiger partial charge on any atom is -0.512 e. The number of aromatic nitrogens is 3. The summed E-state index contributed by atoms with van der Waals surface area (Å²) in [6, 6.07) is 49.5. The first kappa shape index (κ1) is 104. The van der Waals surface area contributed by atoms with Gasteiger partial charge in [-0.2, -0.15) is 0 Å². The predicted molar refractivity (Wildman–Crippen MR) is 470 cm³/mol. The molecular weight excluding hydrogens is 1930 g/mol. The summed E-state index contributed by atoms with van der Waals surface area (Å²) >= 11 is 0. The number of aryl methyl sites for hydroxylation is 6. The number of nitrogens with zero attached hydrogens (tertiary/aromatic N) is 3. The molecule has 0 saturated carbocycles. The van der Waals surface area contributed by atoms with Gasteiger partial charge in [0.15, 0.2) is 17.3 Å². The summed E-state index contributed by atoms with van der Waals surface area (Å²) in [5, 5.41) is 35.4. The van der Waals surface area contributed by atoms with Crippen molar-refractivity contribution in [2.45, 2.75) is 268 Å². The van der Waals surface area contributed by atoms with Crippen LogP contribution in [-0.2, 0) is 81.1 Å². The Morgan fingerprint density at radius 2 is 0.761 bits per heavy atom. The van der Waals surface area contributed by atoms with Gasteiger partial charge >= 0.3 is 0 Å². The molecular formula is C101H136Ir3N3O6-3. The molecule has 9 rings (SSSR count). The predicted octanol–water partition coefficient (Wildman–Crippen LogP) is 28.3. The summed E-state index contributed by atoms with van der Waals surface area (Å²) < 4.78 is 0. The fraction of sp³-hybridized carbons (Fsp3) is 0.465. The van der Waals surface area contributed by atoms with E-state index in [0.717, 1.165) is 134 Å². The molecule has 0 saturated heterocycles. The van der Waals surface area contributed by atoms with Gasteiger partial charge in [-0.1, -0.05) is 234 Å². The van der Waals surface area contributed by atoms with Crippen molar-refractivity contribution in [3.63, 3.8) is 0 Å². The van der Waals surface area contributed by atoms with Gasteiger partial charge in [-0.05, 0) is 175 Å². The zero-order valence-corrected chi connectivity index (χ0v) is 80.3. The topological polar surface area (TPSA) is 151 Å². The average molecular weight is 2060 g/mol. The van der Waals surface area contributed by atoms with Gasteiger partial charge in [-0.25, -0.2) is 0 Å². The van der Waals surface area contributed by atoms with Gasteiger partial charge in [-0.15, -0.1) is 104 Å². The zero-order valence-electron chi connectivity index (χ0n) is 73.1. The summed E-state index contributed by atoms with van der Waals surface area (Å²) in [5.41, 5.74) is 20.1. The molecule has 3 heterocycles. The van der Waals surface area contributed by atoms with Gasteiger partial charge in [0, 0.05) is 132 Å². The van der Waals surface area contributed by atoms with Crippen LogP contribution in [0, 0.1) is 108 Å². The van der Waals surface area contributed by atoms with Crippen molar-refractivity contribution < 1.29 is 90.0 Å². The monoisotopic (exact) mass is 2070 g/mol. The average Bonchev–Trinajstić information content (AvgIpc) is 0.812. The second-order valence-corrected chi connectivity index (χ2v) is 31.0. The number of carbonyl (C=O) groups excluding carboxylic acids is 3. The molecule has 0 unspecified atom stereocenters. The number of fused-ring (bicyclic) bond motifs is 3. The molecule has 12 heteroatoms. The van der Waals surface area contributed by atoms with Crippen LogP contribution >= 0.6 is 0 Å².